The molecule has 1 saturated heterocycles. The van der Waals surface area contributed by atoms with Gasteiger partial charge >= 0.3 is 6.18 Å². The number of carbonyl (C=O) groups excluding carboxylic acids is 1. The lowest BCUT2D eigenvalue weighted by molar-refractivity contribution is -0.130. The third-order valence-corrected chi connectivity index (χ3v) is 7.95. The zero-order valence-electron chi connectivity index (χ0n) is 19.1. The second-order valence-corrected chi connectivity index (χ2v) is 10.4. The van der Waals surface area contributed by atoms with Crippen molar-refractivity contribution in [1.82, 2.24) is 4.98 Å². The van der Waals surface area contributed by atoms with Gasteiger partial charge in [0.15, 0.2) is 17.3 Å². The maximum absolute atomic E-state index is 14.6. The number of rotatable bonds is 6. The van der Waals surface area contributed by atoms with Crippen molar-refractivity contribution < 1.29 is 31.5 Å². The molecule has 2 heterocycles. The Bertz CT molecular complexity index is 1120. The highest BCUT2D eigenvalue weighted by Crippen LogP contribution is 2.52. The van der Waals surface area contributed by atoms with Gasteiger partial charge in [-0.2, -0.15) is 18.2 Å². The molecule has 10 heteroatoms. The summed E-state index contributed by atoms with van der Waals surface area (Å²) >= 11 is 0. The number of oxazole rings is 1. The third-order valence-electron chi connectivity index (χ3n) is 7.95. The Balaban J connectivity index is 1.19. The predicted molar refractivity (Wildman–Crippen MR) is 119 cm³/mol. The summed E-state index contributed by atoms with van der Waals surface area (Å²) in [6, 6.07) is 4.24. The maximum atomic E-state index is 14.6. The molecule has 1 amide bonds. The van der Waals surface area contributed by atoms with Crippen molar-refractivity contribution >= 4 is 17.6 Å². The smallest absolute Gasteiger partial charge is 0.396 e. The molecule has 4 unspecified atom stereocenters. The molecule has 188 valence electrons. The summed E-state index contributed by atoms with van der Waals surface area (Å²) in [7, 11) is 0. The van der Waals surface area contributed by atoms with Crippen LogP contribution >= 0.6 is 0 Å². The number of aromatic nitrogens is 1. The van der Waals surface area contributed by atoms with Crippen LogP contribution in [0.15, 0.2) is 22.6 Å². The van der Waals surface area contributed by atoms with E-state index in [4.69, 9.17) is 9.15 Å². The molecule has 5 atom stereocenters. The first-order chi connectivity index (χ1) is 16.7. The predicted octanol–water partition coefficient (Wildman–Crippen LogP) is 5.73. The lowest BCUT2D eigenvalue weighted by atomic mass is 10.1. The third kappa shape index (κ3) is 4.59. The van der Waals surface area contributed by atoms with Gasteiger partial charge in [0, 0.05) is 24.3 Å². The van der Waals surface area contributed by atoms with Gasteiger partial charge in [-0.3, -0.25) is 4.79 Å². The van der Waals surface area contributed by atoms with Crippen molar-refractivity contribution in [1.29, 1.82) is 0 Å². The van der Waals surface area contributed by atoms with Gasteiger partial charge in [-0.15, -0.1) is 0 Å². The van der Waals surface area contributed by atoms with E-state index in [0.29, 0.717) is 24.3 Å². The number of anilines is 2. The second-order valence-electron chi connectivity index (χ2n) is 10.4. The lowest BCUT2D eigenvalue weighted by Crippen LogP contribution is -2.30. The van der Waals surface area contributed by atoms with Crippen LogP contribution in [0.25, 0.3) is 0 Å². The van der Waals surface area contributed by atoms with Crippen LogP contribution in [-0.4, -0.2) is 35.8 Å². The maximum Gasteiger partial charge on any atom is 0.396 e. The number of amides is 1. The molecule has 3 aliphatic carbocycles. The Morgan fingerprint density at radius 1 is 1.14 bits per heavy atom. The van der Waals surface area contributed by atoms with E-state index in [1.165, 1.54) is 18.6 Å². The Kier molecular flexibility index (Phi) is 5.45. The van der Waals surface area contributed by atoms with Gasteiger partial charge in [0.05, 0.1) is 6.10 Å². The molecule has 1 aromatic heterocycles. The number of carbonyl (C=O) groups is 1. The highest BCUT2D eigenvalue weighted by molar-refractivity contribution is 6.03. The number of halogens is 4. The zero-order valence-corrected chi connectivity index (χ0v) is 19.1. The van der Waals surface area contributed by atoms with E-state index in [0.717, 1.165) is 44.6 Å². The number of fused-ring (bicyclic) bond motifs is 2. The monoisotopic (exact) mass is 493 g/mol. The Morgan fingerprint density at radius 3 is 2.69 bits per heavy atom. The van der Waals surface area contributed by atoms with Crippen molar-refractivity contribution in [3.8, 4) is 5.75 Å². The molecule has 1 aromatic carbocycles. The Morgan fingerprint density at radius 2 is 1.94 bits per heavy atom. The van der Waals surface area contributed by atoms with Crippen LogP contribution in [0.5, 0.6) is 5.75 Å². The summed E-state index contributed by atoms with van der Waals surface area (Å²) in [4.78, 5) is 19.0. The fourth-order valence-corrected chi connectivity index (χ4v) is 6.21. The van der Waals surface area contributed by atoms with Crippen LogP contribution in [0.2, 0.25) is 0 Å². The van der Waals surface area contributed by atoms with Gasteiger partial charge in [0.25, 0.3) is 11.9 Å². The number of alkyl halides is 3. The minimum atomic E-state index is -4.57. The molecule has 1 aliphatic heterocycles. The van der Waals surface area contributed by atoms with E-state index in [-0.39, 0.29) is 29.6 Å². The molecule has 0 bridgehead atoms. The first-order valence-corrected chi connectivity index (χ1v) is 12.3. The number of benzene rings is 1. The average molecular weight is 494 g/mol. The van der Waals surface area contributed by atoms with Crippen LogP contribution in [0.3, 0.4) is 0 Å². The summed E-state index contributed by atoms with van der Waals surface area (Å²) < 4.78 is 65.5. The molecule has 3 saturated carbocycles. The van der Waals surface area contributed by atoms with Crippen LogP contribution in [-0.2, 0) is 6.42 Å². The number of ether oxygens (including phenoxy) is 1. The molecule has 1 N–H and O–H groups in total. The normalized spacial score (nSPS) is 29.3. The number of nitrogens with one attached hydrogen (secondary N) is 1. The first kappa shape index (κ1) is 22.7. The van der Waals surface area contributed by atoms with Crippen molar-refractivity contribution in [2.24, 2.45) is 17.8 Å². The molecule has 4 aliphatic rings. The van der Waals surface area contributed by atoms with E-state index < -0.39 is 35.8 Å². The average Bonchev–Trinajstić information content (AvgIpc) is 3.24. The van der Waals surface area contributed by atoms with E-state index in [1.807, 2.05) is 4.90 Å². The van der Waals surface area contributed by atoms with Crippen LogP contribution in [0, 0.1) is 23.6 Å². The van der Waals surface area contributed by atoms with Crippen LogP contribution in [0.4, 0.5) is 29.3 Å². The van der Waals surface area contributed by atoms with Gasteiger partial charge in [-0.1, -0.05) is 6.42 Å². The largest absolute Gasteiger partial charge is 0.487 e. The zero-order chi connectivity index (χ0) is 24.3. The molecule has 35 heavy (non-hydrogen) atoms. The highest BCUT2D eigenvalue weighted by atomic mass is 19.4. The van der Waals surface area contributed by atoms with Crippen molar-refractivity contribution in [3.63, 3.8) is 0 Å². The van der Waals surface area contributed by atoms with Crippen LogP contribution in [0.1, 0.15) is 61.2 Å². The Hall–Kier alpha value is -2.78. The SMILES string of the molecule is O=C(Nc1ccc(OC2CC3C[C@H]3C2)c(F)c1)c1nc(N2CCC3CCCC32)oc1CC(F)(F)F. The molecule has 2 aromatic rings. The molecule has 6 nitrogen and oxygen atoms in total. The Labute approximate surface area is 200 Å². The molecule has 0 spiro atoms. The molecular weight excluding hydrogens is 466 g/mol. The van der Waals surface area contributed by atoms with Gasteiger partial charge in [-0.25, -0.2) is 4.39 Å². The number of hydrogen-bond donors (Lipinski definition) is 1. The van der Waals surface area contributed by atoms with Gasteiger partial charge in [0.1, 0.15) is 12.2 Å². The van der Waals surface area contributed by atoms with E-state index in [1.54, 1.807) is 0 Å². The quantitative estimate of drug-likeness (QED) is 0.521. The topological polar surface area (TPSA) is 67.6 Å². The lowest BCUT2D eigenvalue weighted by Gasteiger charge is -2.21. The molecule has 4 fully saturated rings. The summed E-state index contributed by atoms with van der Waals surface area (Å²) in [6.07, 6.45) is 1.10. The van der Waals surface area contributed by atoms with Crippen molar-refractivity contribution in [2.45, 2.75) is 69.7 Å². The van der Waals surface area contributed by atoms with E-state index >= 15 is 0 Å². The first-order valence-electron chi connectivity index (χ1n) is 12.3. The van der Waals surface area contributed by atoms with Gasteiger partial charge in [-0.05, 0) is 68.4 Å². The number of nitrogens with zero attached hydrogens (tertiary/aromatic N) is 2. The molecule has 0 radical (unpaired) electrons. The van der Waals surface area contributed by atoms with Crippen molar-refractivity contribution in [2.75, 3.05) is 16.8 Å². The minimum absolute atomic E-state index is 0.00257. The second kappa shape index (κ2) is 8.41. The molecular formula is C25H27F4N3O3. The summed E-state index contributed by atoms with van der Waals surface area (Å²) in [5.74, 6) is -0.0685. The minimum Gasteiger partial charge on any atom is -0.487 e. The highest BCUT2D eigenvalue weighted by Gasteiger charge is 2.47. The van der Waals surface area contributed by atoms with Gasteiger partial charge in [0.2, 0.25) is 0 Å². The standard InChI is InChI=1S/C25H27F4N3O3/c26-18-11-16(4-5-20(18)34-17-9-14-8-15(14)10-17)30-23(33)22-21(12-25(27,28)29)35-24(31-22)32-7-6-13-2-1-3-19(13)32/h4-5,11,13-15,17,19H,1-3,6-10,12H2,(H,30,33)/t13?,14-,15?,17?,19?/m0/s1. The summed E-state index contributed by atoms with van der Waals surface area (Å²) in [5, 5.41) is 2.47. The van der Waals surface area contributed by atoms with Gasteiger partial charge < -0.3 is 19.4 Å². The van der Waals surface area contributed by atoms with Crippen molar-refractivity contribution in [3.05, 3.63) is 35.5 Å². The van der Waals surface area contributed by atoms with E-state index in [9.17, 15) is 22.4 Å². The number of hydrogen-bond acceptors (Lipinski definition) is 5. The van der Waals surface area contributed by atoms with E-state index in [2.05, 4.69) is 10.3 Å². The molecule has 6 rings (SSSR count). The fourth-order valence-electron chi connectivity index (χ4n) is 6.21. The summed E-state index contributed by atoms with van der Waals surface area (Å²) in [6.45, 7) is 0.636. The summed E-state index contributed by atoms with van der Waals surface area (Å²) in [5.41, 5.74) is -0.321. The fraction of sp³-hybridized carbons (Fsp3) is 0.600. The van der Waals surface area contributed by atoms with Crippen LogP contribution < -0.4 is 15.0 Å².